The van der Waals surface area contributed by atoms with Crippen LogP contribution in [-0.4, -0.2) is 18.3 Å². The van der Waals surface area contributed by atoms with E-state index in [0.717, 1.165) is 93.2 Å². The molecule has 0 amide bonds. The predicted octanol–water partition coefficient (Wildman–Crippen LogP) is 15.0. The van der Waals surface area contributed by atoms with Gasteiger partial charge in [0.2, 0.25) is 0 Å². The number of nitriles is 2. The van der Waals surface area contributed by atoms with Crippen molar-refractivity contribution in [3.63, 3.8) is 0 Å². The van der Waals surface area contributed by atoms with E-state index in [1.165, 1.54) is 16.2 Å². The van der Waals surface area contributed by atoms with Gasteiger partial charge in [-0.25, -0.2) is 0 Å². The molecule has 0 saturated heterocycles. The SMILES string of the molecule is N#Cc1cc(-n2c3ccc(-n4c5ccccc5c5ccccc54)cc3c3c4ccccc4ccc32)c(C#N)cc1-n1c2ccccc2c2cc3c4ccccc4n(-c4ccccc4)c3cc21. The van der Waals surface area contributed by atoms with Crippen molar-refractivity contribution in [2.24, 2.45) is 0 Å². The zero-order valence-corrected chi connectivity index (χ0v) is 35.3. The van der Waals surface area contributed by atoms with Crippen molar-refractivity contribution >= 4 is 98.0 Å². The highest BCUT2D eigenvalue weighted by Crippen LogP contribution is 2.43. The third kappa shape index (κ3) is 4.87. The number of fused-ring (bicyclic) bond motifs is 14. The maximum Gasteiger partial charge on any atom is 0.101 e. The third-order valence-corrected chi connectivity index (χ3v) is 13.8. The van der Waals surface area contributed by atoms with Gasteiger partial charge in [0.05, 0.1) is 66.6 Å². The molecule has 0 N–H and O–H groups in total. The Morgan fingerprint density at radius 2 is 0.712 bits per heavy atom. The fourth-order valence-corrected chi connectivity index (χ4v) is 11.0. The molecule has 0 saturated carbocycles. The van der Waals surface area contributed by atoms with Crippen LogP contribution in [0.1, 0.15) is 11.1 Å². The van der Waals surface area contributed by atoms with E-state index < -0.39 is 0 Å². The molecule has 0 unspecified atom stereocenters. The van der Waals surface area contributed by atoms with E-state index in [0.29, 0.717) is 22.5 Å². The van der Waals surface area contributed by atoms with Gasteiger partial charge in [-0.05, 0) is 95.7 Å². The smallest absolute Gasteiger partial charge is 0.101 e. The second-order valence-electron chi connectivity index (χ2n) is 17.1. The number of para-hydroxylation sites is 5. The first-order valence-corrected chi connectivity index (χ1v) is 22.1. The van der Waals surface area contributed by atoms with Crippen LogP contribution in [0, 0.1) is 22.7 Å². The summed E-state index contributed by atoms with van der Waals surface area (Å²) in [6.45, 7) is 0. The Balaban J connectivity index is 1.05. The number of rotatable bonds is 4. The topological polar surface area (TPSA) is 67.3 Å². The summed E-state index contributed by atoms with van der Waals surface area (Å²) in [5.74, 6) is 0. The summed E-state index contributed by atoms with van der Waals surface area (Å²) in [4.78, 5) is 0. The van der Waals surface area contributed by atoms with E-state index >= 15 is 0 Å². The van der Waals surface area contributed by atoms with Crippen LogP contribution in [0.2, 0.25) is 0 Å². The molecule has 10 aromatic carbocycles. The number of hydrogen-bond donors (Lipinski definition) is 0. The predicted molar refractivity (Wildman–Crippen MR) is 271 cm³/mol. The molecule has 14 rings (SSSR count). The fraction of sp³-hybridized carbons (Fsp3) is 0. The van der Waals surface area contributed by atoms with Crippen LogP contribution in [0.5, 0.6) is 0 Å². The molecular weight excluding hydrogens is 805 g/mol. The first kappa shape index (κ1) is 36.2. The molecule has 6 nitrogen and oxygen atoms in total. The van der Waals surface area contributed by atoms with Gasteiger partial charge >= 0.3 is 0 Å². The van der Waals surface area contributed by atoms with E-state index in [1.54, 1.807) is 0 Å². The molecule has 0 aliphatic heterocycles. The Hall–Kier alpha value is -9.36. The first-order chi connectivity index (χ1) is 32.7. The molecule has 66 heavy (non-hydrogen) atoms. The highest BCUT2D eigenvalue weighted by Gasteiger charge is 2.24. The maximum atomic E-state index is 11.2. The molecule has 4 aromatic heterocycles. The van der Waals surface area contributed by atoms with Crippen molar-refractivity contribution in [1.29, 1.82) is 10.5 Å². The van der Waals surface area contributed by atoms with Crippen LogP contribution in [0.4, 0.5) is 0 Å². The minimum absolute atomic E-state index is 0.466. The molecule has 0 aliphatic rings. The van der Waals surface area contributed by atoms with Crippen molar-refractivity contribution in [2.45, 2.75) is 0 Å². The Kier molecular flexibility index (Phi) is 7.43. The lowest BCUT2D eigenvalue weighted by atomic mass is 10.0. The van der Waals surface area contributed by atoms with Gasteiger partial charge in [-0.1, -0.05) is 121 Å². The molecule has 0 spiro atoms. The van der Waals surface area contributed by atoms with E-state index in [9.17, 15) is 10.5 Å². The fourth-order valence-electron chi connectivity index (χ4n) is 11.0. The summed E-state index contributed by atoms with van der Waals surface area (Å²) in [6.07, 6.45) is 0. The van der Waals surface area contributed by atoms with Crippen LogP contribution >= 0.6 is 0 Å². The Morgan fingerprint density at radius 1 is 0.273 bits per heavy atom. The normalized spacial score (nSPS) is 11.9. The van der Waals surface area contributed by atoms with E-state index in [-0.39, 0.29) is 0 Å². The minimum Gasteiger partial charge on any atom is -0.309 e. The molecule has 0 radical (unpaired) electrons. The number of aromatic nitrogens is 4. The van der Waals surface area contributed by atoms with Gasteiger partial charge in [0.15, 0.2) is 0 Å². The zero-order valence-electron chi connectivity index (χ0n) is 35.3. The van der Waals surface area contributed by atoms with Gasteiger partial charge in [-0.15, -0.1) is 0 Å². The van der Waals surface area contributed by atoms with Crippen LogP contribution in [0.3, 0.4) is 0 Å². The average Bonchev–Trinajstić information content (AvgIpc) is 4.10. The van der Waals surface area contributed by atoms with Crippen molar-refractivity contribution in [3.05, 3.63) is 217 Å². The molecule has 6 heteroatoms. The number of benzene rings is 10. The number of hydrogen-bond acceptors (Lipinski definition) is 2. The van der Waals surface area contributed by atoms with Crippen LogP contribution in [0.15, 0.2) is 206 Å². The van der Waals surface area contributed by atoms with Crippen LogP contribution in [0.25, 0.3) is 121 Å². The minimum atomic E-state index is 0.466. The van der Waals surface area contributed by atoms with E-state index in [4.69, 9.17) is 0 Å². The number of nitrogens with zero attached hydrogens (tertiary/aromatic N) is 6. The van der Waals surface area contributed by atoms with Gasteiger partial charge in [0.1, 0.15) is 12.1 Å². The molecule has 304 valence electrons. The van der Waals surface area contributed by atoms with E-state index in [2.05, 4.69) is 212 Å². The molecule has 0 atom stereocenters. The summed E-state index contributed by atoms with van der Waals surface area (Å²) < 4.78 is 9.03. The summed E-state index contributed by atoms with van der Waals surface area (Å²) in [5.41, 5.74) is 12.7. The van der Waals surface area contributed by atoms with Gasteiger partial charge in [0.25, 0.3) is 0 Å². The van der Waals surface area contributed by atoms with Gasteiger partial charge in [-0.3, -0.25) is 0 Å². The highest BCUT2D eigenvalue weighted by molar-refractivity contribution is 6.23. The lowest BCUT2D eigenvalue weighted by molar-refractivity contribution is 1.12. The second kappa shape index (κ2) is 13.6. The Morgan fingerprint density at radius 3 is 1.30 bits per heavy atom. The van der Waals surface area contributed by atoms with Crippen LogP contribution < -0.4 is 0 Å². The maximum absolute atomic E-state index is 11.2. The summed E-state index contributed by atoms with van der Waals surface area (Å²) in [6, 6.07) is 77.6. The quantitative estimate of drug-likeness (QED) is 0.177. The largest absolute Gasteiger partial charge is 0.309 e. The lowest BCUT2D eigenvalue weighted by Crippen LogP contribution is -2.04. The van der Waals surface area contributed by atoms with Gasteiger partial charge in [0, 0.05) is 54.5 Å². The first-order valence-electron chi connectivity index (χ1n) is 22.1. The lowest BCUT2D eigenvalue weighted by Gasteiger charge is -2.16. The van der Waals surface area contributed by atoms with E-state index in [1.807, 2.05) is 24.3 Å². The summed E-state index contributed by atoms with van der Waals surface area (Å²) in [5, 5.41) is 33.8. The van der Waals surface area contributed by atoms with Crippen molar-refractivity contribution in [3.8, 4) is 34.9 Å². The van der Waals surface area contributed by atoms with Crippen molar-refractivity contribution in [1.82, 2.24) is 18.3 Å². The van der Waals surface area contributed by atoms with Gasteiger partial charge < -0.3 is 18.3 Å². The molecule has 0 aliphatic carbocycles. The zero-order chi connectivity index (χ0) is 43.6. The second-order valence-corrected chi connectivity index (χ2v) is 17.1. The molecule has 0 fully saturated rings. The molecule has 0 bridgehead atoms. The summed E-state index contributed by atoms with van der Waals surface area (Å²) >= 11 is 0. The summed E-state index contributed by atoms with van der Waals surface area (Å²) in [7, 11) is 0. The van der Waals surface area contributed by atoms with Crippen LogP contribution in [-0.2, 0) is 0 Å². The standard InChI is InChI=1S/C60H34N6/c61-35-38-31-57(66-53-25-13-9-21-46(53)48-33-47-45-20-8-12-24-52(45)63(58(47)34-59(48)66)40-15-2-1-3-16-40)39(36-62)30-56(38)65-54-29-27-41(32-49(54)60-42-17-5-4-14-37(42)26-28-55(60)65)64-50-22-10-6-18-43(50)44-19-7-11-23-51(44)64/h1-34H. The highest BCUT2D eigenvalue weighted by atomic mass is 15.0. The molecule has 4 heterocycles. The Labute approximate surface area is 377 Å². The Bertz CT molecular complexity index is 4430. The van der Waals surface area contributed by atoms with Crippen molar-refractivity contribution in [2.75, 3.05) is 0 Å². The average molecular weight is 839 g/mol. The third-order valence-electron chi connectivity index (χ3n) is 13.8. The molecular formula is C60H34N6. The molecule has 14 aromatic rings. The van der Waals surface area contributed by atoms with Crippen molar-refractivity contribution < 1.29 is 0 Å². The van der Waals surface area contributed by atoms with Gasteiger partial charge in [-0.2, -0.15) is 10.5 Å². The monoisotopic (exact) mass is 838 g/mol.